The van der Waals surface area contributed by atoms with Gasteiger partial charge in [-0.25, -0.2) is 8.42 Å². The van der Waals surface area contributed by atoms with Crippen molar-refractivity contribution in [3.05, 3.63) is 50.8 Å². The first-order valence-corrected chi connectivity index (χ1v) is 11.5. The first-order chi connectivity index (χ1) is 14.8. The summed E-state index contributed by atoms with van der Waals surface area (Å²) in [5.41, 5.74) is 3.32. The summed E-state index contributed by atoms with van der Waals surface area (Å²) in [5, 5.41) is 0.694. The van der Waals surface area contributed by atoms with Crippen LogP contribution < -0.4 is 5.73 Å². The number of aryl methyl sites for hydroxylation is 1. The molecule has 0 fully saturated rings. The summed E-state index contributed by atoms with van der Waals surface area (Å²) in [6.07, 6.45) is 0. The number of carbonyl (C=O) groups excluding carboxylic acids is 1. The fraction of sp³-hybridized carbons (Fsp3) is 0.368. The number of hydrogen-bond donors (Lipinski definition) is 1. The molecule has 3 rings (SSSR count). The van der Waals surface area contributed by atoms with Crippen LogP contribution in [0.4, 0.5) is 13.2 Å². The number of rotatable bonds is 6. The van der Waals surface area contributed by atoms with Crippen LogP contribution in [0.2, 0.25) is 10.0 Å². The summed E-state index contributed by atoms with van der Waals surface area (Å²) in [7, 11) is -4.69. The van der Waals surface area contributed by atoms with Gasteiger partial charge in [0.1, 0.15) is 0 Å². The molecule has 0 bridgehead atoms. The van der Waals surface area contributed by atoms with Gasteiger partial charge in [0.2, 0.25) is 0 Å². The largest absolute Gasteiger partial charge is 0.511 e. The van der Waals surface area contributed by atoms with Crippen molar-refractivity contribution in [3.63, 3.8) is 0 Å². The van der Waals surface area contributed by atoms with Crippen LogP contribution in [0, 0.1) is 6.92 Å². The lowest BCUT2D eigenvalue weighted by Crippen LogP contribution is -2.42. The molecule has 1 aromatic carbocycles. The van der Waals surface area contributed by atoms with E-state index in [0.717, 1.165) is 7.05 Å². The number of halogens is 6. The summed E-state index contributed by atoms with van der Waals surface area (Å²) in [4.78, 5) is 18.9. The van der Waals surface area contributed by atoms with Crippen LogP contribution in [-0.2, 0) is 23.1 Å². The molecule has 2 N–H and O–H groups in total. The van der Waals surface area contributed by atoms with E-state index in [-0.39, 0.29) is 41.9 Å². The number of amides is 1. The Balaban J connectivity index is 0.00000385. The van der Waals surface area contributed by atoms with Gasteiger partial charge in [-0.3, -0.25) is 9.78 Å². The molecule has 0 saturated heterocycles. The highest BCUT2D eigenvalue weighted by Gasteiger charge is 2.48. The maximum atomic E-state index is 13.2. The molecule has 1 aliphatic heterocycles. The average Bonchev–Trinajstić information content (AvgIpc) is 2.99. The highest BCUT2D eigenvalue weighted by Crippen LogP contribution is 2.39. The van der Waals surface area contributed by atoms with E-state index in [4.69, 9.17) is 28.9 Å². The number of carbonyl (C=O) groups is 1. The van der Waals surface area contributed by atoms with Gasteiger partial charge in [-0.05, 0) is 24.6 Å². The monoisotopic (exact) mass is 546 g/mol. The molecule has 0 spiro atoms. The summed E-state index contributed by atoms with van der Waals surface area (Å²) >= 11 is 12.4. The SMILES string of the molecule is Cc1nc2c(c(-c3ccc(Cl)cc3Cl)c1CN)C(=O)N(CCN(C)S(=O)(=O)C(F)(F)F)C2.Cl. The number of nitrogens with two attached hydrogens (primary N) is 1. The van der Waals surface area contributed by atoms with Gasteiger partial charge in [0, 0.05) is 53.5 Å². The highest BCUT2D eigenvalue weighted by molar-refractivity contribution is 7.89. The van der Waals surface area contributed by atoms with Crippen molar-refractivity contribution in [2.45, 2.75) is 25.5 Å². The Bertz CT molecular complexity index is 1190. The topological polar surface area (TPSA) is 96.6 Å². The van der Waals surface area contributed by atoms with E-state index in [1.54, 1.807) is 19.1 Å². The average molecular weight is 548 g/mol. The van der Waals surface area contributed by atoms with Crippen molar-refractivity contribution in [2.75, 3.05) is 20.1 Å². The maximum absolute atomic E-state index is 13.2. The van der Waals surface area contributed by atoms with Crippen molar-refractivity contribution in [1.29, 1.82) is 0 Å². The third-order valence-electron chi connectivity index (χ3n) is 5.21. The van der Waals surface area contributed by atoms with Crippen LogP contribution in [0.25, 0.3) is 11.1 Å². The Morgan fingerprint density at radius 1 is 1.24 bits per heavy atom. The second-order valence-electron chi connectivity index (χ2n) is 7.20. The number of aromatic nitrogens is 1. The van der Waals surface area contributed by atoms with Crippen LogP contribution in [0.15, 0.2) is 18.2 Å². The van der Waals surface area contributed by atoms with E-state index in [0.29, 0.717) is 38.1 Å². The third-order valence-corrected chi connectivity index (χ3v) is 7.35. The number of sulfonamides is 1. The zero-order valence-corrected chi connectivity index (χ0v) is 20.6. The van der Waals surface area contributed by atoms with E-state index in [1.807, 2.05) is 0 Å². The number of pyridine rings is 1. The first kappa shape index (κ1) is 27.6. The minimum Gasteiger partial charge on any atom is -0.331 e. The zero-order valence-electron chi connectivity index (χ0n) is 17.4. The number of benzene rings is 1. The van der Waals surface area contributed by atoms with Gasteiger partial charge in [-0.2, -0.15) is 17.5 Å². The molecule has 0 saturated carbocycles. The van der Waals surface area contributed by atoms with Crippen LogP contribution in [-0.4, -0.2) is 54.2 Å². The maximum Gasteiger partial charge on any atom is 0.511 e. The van der Waals surface area contributed by atoms with E-state index in [1.165, 1.54) is 11.0 Å². The smallest absolute Gasteiger partial charge is 0.331 e. The van der Waals surface area contributed by atoms with Crippen LogP contribution in [0.3, 0.4) is 0 Å². The Morgan fingerprint density at radius 2 is 1.88 bits per heavy atom. The van der Waals surface area contributed by atoms with Crippen molar-refractivity contribution in [3.8, 4) is 11.1 Å². The third kappa shape index (κ3) is 5.08. The Kier molecular flexibility index (Phi) is 8.31. The molecular formula is C19H20Cl3F3N4O3S. The van der Waals surface area contributed by atoms with Crippen molar-refractivity contribution < 1.29 is 26.4 Å². The number of fused-ring (bicyclic) bond motifs is 1. The highest BCUT2D eigenvalue weighted by atomic mass is 35.5. The molecule has 1 aliphatic rings. The molecular weight excluding hydrogens is 528 g/mol. The van der Waals surface area contributed by atoms with Crippen LogP contribution >= 0.6 is 35.6 Å². The number of alkyl halides is 3. The van der Waals surface area contributed by atoms with Crippen LogP contribution in [0.1, 0.15) is 27.3 Å². The summed E-state index contributed by atoms with van der Waals surface area (Å²) in [5.74, 6) is -0.499. The standard InChI is InChI=1S/C19H19Cl2F3N4O3S.ClH/c1-10-13(8-25)16(12-4-3-11(20)7-14(12)21)17-15(26-10)9-28(18(17)29)6-5-27(2)32(30,31)19(22,23)24;/h3-4,7H,5-6,8-9,25H2,1-2H3;1H. The molecule has 0 atom stereocenters. The molecule has 1 aromatic heterocycles. The Labute approximate surface area is 205 Å². The number of hydrogen-bond acceptors (Lipinski definition) is 5. The number of likely N-dealkylation sites (N-methyl/N-ethyl adjacent to an activating group) is 1. The van der Waals surface area contributed by atoms with Crippen molar-refractivity contribution >= 4 is 51.5 Å². The van der Waals surface area contributed by atoms with Gasteiger partial charge < -0.3 is 10.6 Å². The normalized spacial score (nSPS) is 14.0. The fourth-order valence-electron chi connectivity index (χ4n) is 3.54. The minimum absolute atomic E-state index is 0. The van der Waals surface area contributed by atoms with Gasteiger partial charge in [-0.15, -0.1) is 12.4 Å². The second kappa shape index (κ2) is 9.93. The molecule has 0 radical (unpaired) electrons. The van der Waals surface area contributed by atoms with Gasteiger partial charge in [-0.1, -0.05) is 29.3 Å². The van der Waals surface area contributed by atoms with E-state index in [9.17, 15) is 26.4 Å². The van der Waals surface area contributed by atoms with E-state index < -0.39 is 28.0 Å². The lowest BCUT2D eigenvalue weighted by atomic mass is 9.93. The Morgan fingerprint density at radius 3 is 2.42 bits per heavy atom. The predicted octanol–water partition coefficient (Wildman–Crippen LogP) is 3.98. The van der Waals surface area contributed by atoms with Crippen LogP contribution in [0.5, 0.6) is 0 Å². The fourth-order valence-corrected chi connectivity index (χ4v) is 4.71. The molecule has 1 amide bonds. The van der Waals surface area contributed by atoms with E-state index >= 15 is 0 Å². The molecule has 33 heavy (non-hydrogen) atoms. The van der Waals surface area contributed by atoms with E-state index in [2.05, 4.69) is 4.98 Å². The summed E-state index contributed by atoms with van der Waals surface area (Å²) in [6, 6.07) is 4.78. The zero-order chi connectivity index (χ0) is 24.0. The van der Waals surface area contributed by atoms with Gasteiger partial charge in [0.05, 0.1) is 17.8 Å². The Hall–Kier alpha value is -1.63. The molecule has 182 valence electrons. The molecule has 14 heteroatoms. The summed E-state index contributed by atoms with van der Waals surface area (Å²) in [6.45, 7) is 1.01. The lowest BCUT2D eigenvalue weighted by Gasteiger charge is -2.22. The first-order valence-electron chi connectivity index (χ1n) is 9.29. The molecule has 2 heterocycles. The second-order valence-corrected chi connectivity index (χ2v) is 10.1. The minimum atomic E-state index is -5.50. The van der Waals surface area contributed by atoms with Gasteiger partial charge in [0.15, 0.2) is 0 Å². The van der Waals surface area contributed by atoms with Crippen molar-refractivity contribution in [2.24, 2.45) is 5.73 Å². The molecule has 2 aromatic rings. The summed E-state index contributed by atoms with van der Waals surface area (Å²) < 4.78 is 61.5. The molecule has 7 nitrogen and oxygen atoms in total. The van der Waals surface area contributed by atoms with Crippen molar-refractivity contribution in [1.82, 2.24) is 14.2 Å². The van der Waals surface area contributed by atoms with Gasteiger partial charge >= 0.3 is 15.5 Å². The molecule has 0 aliphatic carbocycles. The lowest BCUT2D eigenvalue weighted by molar-refractivity contribution is -0.0483. The number of nitrogens with zero attached hydrogens (tertiary/aromatic N) is 3. The van der Waals surface area contributed by atoms with Gasteiger partial charge in [0.25, 0.3) is 5.91 Å². The predicted molar refractivity (Wildman–Crippen MR) is 122 cm³/mol. The quantitative estimate of drug-likeness (QED) is 0.590. The molecule has 0 unspecified atom stereocenters.